The van der Waals surface area contributed by atoms with Gasteiger partial charge in [0, 0.05) is 11.8 Å². The van der Waals surface area contributed by atoms with E-state index in [-0.39, 0.29) is 0 Å². The second-order valence-corrected chi connectivity index (χ2v) is 6.09. The van der Waals surface area contributed by atoms with Crippen LogP contribution >= 0.6 is 11.8 Å². The highest BCUT2D eigenvalue weighted by Crippen LogP contribution is 2.16. The van der Waals surface area contributed by atoms with Gasteiger partial charge in [-0.25, -0.2) is 0 Å². The minimum absolute atomic E-state index is 0.440. The third-order valence-corrected chi connectivity index (χ3v) is 4.35. The van der Waals surface area contributed by atoms with E-state index in [0.29, 0.717) is 5.25 Å². The molecule has 0 fully saturated rings. The van der Waals surface area contributed by atoms with Crippen molar-refractivity contribution in [2.75, 3.05) is 12.8 Å². The molecule has 2 N–H and O–H groups in total. The molecule has 19 heavy (non-hydrogen) atoms. The van der Waals surface area contributed by atoms with Crippen LogP contribution in [0, 0.1) is 0 Å². The molecule has 2 atom stereocenters. The first-order valence-corrected chi connectivity index (χ1v) is 7.88. The normalized spacial score (nSPS) is 14.1. The van der Waals surface area contributed by atoms with E-state index in [1.54, 1.807) is 6.92 Å². The number of benzene rings is 1. The van der Waals surface area contributed by atoms with Crippen LogP contribution in [0.25, 0.3) is 0 Å². The Kier molecular flexibility index (Phi) is 6.95. The zero-order valence-electron chi connectivity index (χ0n) is 11.8. The Morgan fingerprint density at radius 3 is 2.47 bits per heavy atom. The number of hydrogen-bond acceptors (Lipinski definition) is 3. The quantitative estimate of drug-likeness (QED) is 0.719. The molecule has 0 bridgehead atoms. The van der Waals surface area contributed by atoms with Crippen molar-refractivity contribution in [3.63, 3.8) is 0 Å². The summed E-state index contributed by atoms with van der Waals surface area (Å²) in [4.78, 5) is 10.9. The van der Waals surface area contributed by atoms with Gasteiger partial charge in [0.05, 0.1) is 5.92 Å². The van der Waals surface area contributed by atoms with Crippen molar-refractivity contribution < 1.29 is 9.90 Å². The van der Waals surface area contributed by atoms with Gasteiger partial charge in [-0.05, 0) is 37.3 Å². The monoisotopic (exact) mass is 281 g/mol. The van der Waals surface area contributed by atoms with Gasteiger partial charge >= 0.3 is 5.97 Å². The Bertz CT molecular complexity index is 392. The molecule has 4 heteroatoms. The summed E-state index contributed by atoms with van der Waals surface area (Å²) in [5.74, 6) is -1.22. The van der Waals surface area contributed by atoms with Gasteiger partial charge < -0.3 is 10.4 Å². The standard InChI is InChI=1S/C15H23NO2S/c1-11(19-3)8-9-16-10-13-4-6-14(7-5-13)12(2)15(17)18/h4-7,11-12,16H,8-10H2,1-3H3,(H,17,18). The number of nitrogens with one attached hydrogen (secondary N) is 1. The average Bonchev–Trinajstić information content (AvgIpc) is 2.43. The maximum atomic E-state index is 10.9. The molecular weight excluding hydrogens is 258 g/mol. The maximum absolute atomic E-state index is 10.9. The van der Waals surface area contributed by atoms with Gasteiger partial charge in [0.25, 0.3) is 0 Å². The fourth-order valence-corrected chi connectivity index (χ4v) is 2.08. The van der Waals surface area contributed by atoms with E-state index < -0.39 is 11.9 Å². The fourth-order valence-electron chi connectivity index (χ4n) is 1.72. The molecule has 0 saturated heterocycles. The number of hydrogen-bond donors (Lipinski definition) is 2. The molecule has 0 saturated carbocycles. The zero-order chi connectivity index (χ0) is 14.3. The lowest BCUT2D eigenvalue weighted by molar-refractivity contribution is -0.138. The van der Waals surface area contributed by atoms with E-state index in [4.69, 9.17) is 5.11 Å². The molecule has 2 unspecified atom stereocenters. The third-order valence-electron chi connectivity index (χ3n) is 3.31. The molecule has 0 aliphatic rings. The Labute approximate surface area is 119 Å². The highest BCUT2D eigenvalue weighted by atomic mass is 32.2. The first-order valence-electron chi connectivity index (χ1n) is 6.59. The van der Waals surface area contributed by atoms with Gasteiger partial charge in [0.15, 0.2) is 0 Å². The van der Waals surface area contributed by atoms with Crippen LogP contribution in [0.15, 0.2) is 24.3 Å². The maximum Gasteiger partial charge on any atom is 0.310 e. The van der Waals surface area contributed by atoms with Crippen molar-refractivity contribution in [3.8, 4) is 0 Å². The van der Waals surface area contributed by atoms with Gasteiger partial charge in [-0.2, -0.15) is 11.8 Å². The smallest absolute Gasteiger partial charge is 0.310 e. The highest BCUT2D eigenvalue weighted by molar-refractivity contribution is 7.99. The van der Waals surface area contributed by atoms with E-state index >= 15 is 0 Å². The molecule has 0 aliphatic carbocycles. The highest BCUT2D eigenvalue weighted by Gasteiger charge is 2.12. The number of carbonyl (C=O) groups is 1. The summed E-state index contributed by atoms with van der Waals surface area (Å²) < 4.78 is 0. The summed E-state index contributed by atoms with van der Waals surface area (Å²) in [6.45, 7) is 5.78. The molecule has 0 spiro atoms. The Morgan fingerprint density at radius 1 is 1.32 bits per heavy atom. The number of carboxylic acid groups (broad SMARTS) is 1. The summed E-state index contributed by atoms with van der Waals surface area (Å²) in [6, 6.07) is 7.81. The van der Waals surface area contributed by atoms with Crippen LogP contribution in [0.5, 0.6) is 0 Å². The van der Waals surface area contributed by atoms with Gasteiger partial charge in [0.1, 0.15) is 0 Å². The predicted molar refractivity (Wildman–Crippen MR) is 81.8 cm³/mol. The van der Waals surface area contributed by atoms with Crippen LogP contribution in [0.2, 0.25) is 0 Å². The van der Waals surface area contributed by atoms with Gasteiger partial charge in [-0.15, -0.1) is 0 Å². The molecule has 3 nitrogen and oxygen atoms in total. The average molecular weight is 281 g/mol. The number of aliphatic carboxylic acids is 1. The first kappa shape index (κ1) is 16.1. The van der Waals surface area contributed by atoms with Crippen LogP contribution in [0.4, 0.5) is 0 Å². The van der Waals surface area contributed by atoms with Crippen molar-refractivity contribution in [2.45, 2.75) is 38.0 Å². The van der Waals surface area contributed by atoms with E-state index in [2.05, 4.69) is 18.5 Å². The van der Waals surface area contributed by atoms with Crippen LogP contribution in [-0.4, -0.2) is 29.1 Å². The van der Waals surface area contributed by atoms with E-state index in [9.17, 15) is 4.79 Å². The van der Waals surface area contributed by atoms with Crippen molar-refractivity contribution >= 4 is 17.7 Å². The SMILES string of the molecule is CSC(C)CCNCc1ccc(C(C)C(=O)O)cc1. The minimum Gasteiger partial charge on any atom is -0.481 e. The Balaban J connectivity index is 2.38. The summed E-state index contributed by atoms with van der Waals surface area (Å²) in [7, 11) is 0. The summed E-state index contributed by atoms with van der Waals surface area (Å²) in [5.41, 5.74) is 2.05. The molecule has 0 aromatic heterocycles. The molecule has 1 aromatic carbocycles. The molecule has 0 radical (unpaired) electrons. The van der Waals surface area contributed by atoms with Crippen LogP contribution in [0.3, 0.4) is 0 Å². The van der Waals surface area contributed by atoms with Crippen LogP contribution in [0.1, 0.15) is 37.3 Å². The zero-order valence-corrected chi connectivity index (χ0v) is 12.7. The number of rotatable bonds is 8. The first-order chi connectivity index (χ1) is 9.04. The molecule has 0 aliphatic heterocycles. The molecule has 1 rings (SSSR count). The largest absolute Gasteiger partial charge is 0.481 e. The lowest BCUT2D eigenvalue weighted by atomic mass is 10.00. The number of carboxylic acids is 1. The van der Waals surface area contributed by atoms with E-state index in [1.807, 2.05) is 36.0 Å². The summed E-state index contributed by atoms with van der Waals surface area (Å²) in [5, 5.41) is 13.0. The van der Waals surface area contributed by atoms with Gasteiger partial charge in [0.2, 0.25) is 0 Å². The summed E-state index contributed by atoms with van der Waals surface area (Å²) in [6.07, 6.45) is 3.29. The minimum atomic E-state index is -0.781. The molecule has 0 amide bonds. The van der Waals surface area contributed by atoms with E-state index in [1.165, 1.54) is 5.56 Å². The summed E-state index contributed by atoms with van der Waals surface area (Å²) >= 11 is 1.88. The third kappa shape index (κ3) is 5.66. The molecular formula is C15H23NO2S. The van der Waals surface area contributed by atoms with Crippen molar-refractivity contribution in [1.82, 2.24) is 5.32 Å². The second-order valence-electron chi connectivity index (χ2n) is 4.81. The molecule has 106 valence electrons. The van der Waals surface area contributed by atoms with E-state index in [0.717, 1.165) is 25.1 Å². The van der Waals surface area contributed by atoms with Crippen LogP contribution in [-0.2, 0) is 11.3 Å². The second kappa shape index (κ2) is 8.23. The molecule has 0 heterocycles. The van der Waals surface area contributed by atoms with Crippen molar-refractivity contribution in [2.24, 2.45) is 0 Å². The van der Waals surface area contributed by atoms with Gasteiger partial charge in [-0.3, -0.25) is 4.79 Å². The van der Waals surface area contributed by atoms with Crippen molar-refractivity contribution in [1.29, 1.82) is 0 Å². The lowest BCUT2D eigenvalue weighted by Gasteiger charge is -2.10. The molecule has 1 aromatic rings. The predicted octanol–water partition coefficient (Wildman–Crippen LogP) is 3.11. The lowest BCUT2D eigenvalue weighted by Crippen LogP contribution is -2.17. The van der Waals surface area contributed by atoms with Crippen LogP contribution < -0.4 is 5.32 Å². The van der Waals surface area contributed by atoms with Gasteiger partial charge in [-0.1, -0.05) is 31.2 Å². The Hall–Kier alpha value is -1.00. The Morgan fingerprint density at radius 2 is 1.95 bits per heavy atom. The topological polar surface area (TPSA) is 49.3 Å². The fraction of sp³-hybridized carbons (Fsp3) is 0.533. The number of thioether (sulfide) groups is 1. The van der Waals surface area contributed by atoms with Crippen molar-refractivity contribution in [3.05, 3.63) is 35.4 Å².